The second-order valence-corrected chi connectivity index (χ2v) is 2.73. The minimum absolute atomic E-state index is 0. The third kappa shape index (κ3) is 1.94. The molecule has 0 amide bonds. The molecule has 9 heteroatoms. The second-order valence-electron chi connectivity index (χ2n) is 2.73. The van der Waals surface area contributed by atoms with E-state index in [0.29, 0.717) is 0 Å². The van der Waals surface area contributed by atoms with Crippen LogP contribution >= 0.6 is 0 Å². The SMILES string of the molecule is O=C([O-])c1cc([N+](=O)[O-])cc2n[nH]nc12.[Ag+]. The predicted molar refractivity (Wildman–Crippen MR) is 44.9 cm³/mol. The fourth-order valence-corrected chi connectivity index (χ4v) is 1.20. The van der Waals surface area contributed by atoms with Crippen molar-refractivity contribution in [1.82, 2.24) is 15.4 Å². The largest absolute Gasteiger partial charge is 1.00 e. The molecule has 1 heterocycles. The number of non-ortho nitro benzene ring substituents is 1. The number of aromatic amines is 1. The Morgan fingerprint density at radius 3 is 2.62 bits per heavy atom. The van der Waals surface area contributed by atoms with Crippen molar-refractivity contribution in [2.75, 3.05) is 0 Å². The summed E-state index contributed by atoms with van der Waals surface area (Å²) in [5, 5.41) is 30.5. The number of aromatic nitrogens is 3. The minimum Gasteiger partial charge on any atom is -0.545 e. The molecule has 0 aliphatic rings. The summed E-state index contributed by atoms with van der Waals surface area (Å²) in [5.74, 6) is -1.53. The van der Waals surface area contributed by atoms with Crippen molar-refractivity contribution in [3.05, 3.63) is 27.8 Å². The third-order valence-corrected chi connectivity index (χ3v) is 1.84. The van der Waals surface area contributed by atoms with E-state index in [-0.39, 0.29) is 44.7 Å². The summed E-state index contributed by atoms with van der Waals surface area (Å²) in [4.78, 5) is 20.4. The molecule has 1 aromatic carbocycles. The van der Waals surface area contributed by atoms with Crippen LogP contribution in [0, 0.1) is 10.1 Å². The molecule has 0 atom stereocenters. The number of hydrogen-bond donors (Lipinski definition) is 1. The first-order valence-corrected chi connectivity index (χ1v) is 3.80. The fraction of sp³-hybridized carbons (Fsp3) is 0. The number of H-pyrrole nitrogens is 1. The summed E-state index contributed by atoms with van der Waals surface area (Å²) in [6.07, 6.45) is 0. The molecule has 8 nitrogen and oxygen atoms in total. The van der Waals surface area contributed by atoms with Crippen LogP contribution in [-0.4, -0.2) is 26.3 Å². The number of nitro benzene ring substituents is 1. The van der Waals surface area contributed by atoms with E-state index in [9.17, 15) is 20.0 Å². The van der Waals surface area contributed by atoms with Gasteiger partial charge in [-0.25, -0.2) is 0 Å². The van der Waals surface area contributed by atoms with Crippen molar-refractivity contribution < 1.29 is 37.2 Å². The topological polar surface area (TPSA) is 125 Å². The first kappa shape index (κ1) is 12.3. The summed E-state index contributed by atoms with van der Waals surface area (Å²) in [6.45, 7) is 0. The van der Waals surface area contributed by atoms with Crippen LogP contribution < -0.4 is 5.11 Å². The van der Waals surface area contributed by atoms with Gasteiger partial charge in [0.05, 0.1) is 10.9 Å². The molecule has 0 saturated heterocycles. The molecular formula is C7H3AgN4O4. The van der Waals surface area contributed by atoms with E-state index in [0.717, 1.165) is 12.1 Å². The summed E-state index contributed by atoms with van der Waals surface area (Å²) in [6, 6.07) is 2.02. The molecule has 16 heavy (non-hydrogen) atoms. The zero-order valence-corrected chi connectivity index (χ0v) is 8.91. The number of rotatable bonds is 2. The average molecular weight is 315 g/mol. The Bertz CT molecular complexity index is 567. The Kier molecular flexibility index (Phi) is 3.38. The number of carbonyl (C=O) groups is 1. The molecule has 2 rings (SSSR count). The summed E-state index contributed by atoms with van der Waals surface area (Å²) >= 11 is 0. The van der Waals surface area contributed by atoms with Gasteiger partial charge in [-0.2, -0.15) is 15.4 Å². The van der Waals surface area contributed by atoms with Crippen LogP contribution in [-0.2, 0) is 22.4 Å². The van der Waals surface area contributed by atoms with Crippen molar-refractivity contribution in [3.63, 3.8) is 0 Å². The molecule has 0 bridgehead atoms. The molecule has 0 spiro atoms. The van der Waals surface area contributed by atoms with E-state index in [1.54, 1.807) is 0 Å². The van der Waals surface area contributed by atoms with Crippen LogP contribution in [0.3, 0.4) is 0 Å². The van der Waals surface area contributed by atoms with Gasteiger partial charge in [0.15, 0.2) is 0 Å². The summed E-state index contributed by atoms with van der Waals surface area (Å²) in [7, 11) is 0. The molecular weight excluding hydrogens is 312 g/mol. The normalized spacial score (nSPS) is 9.75. The third-order valence-electron chi connectivity index (χ3n) is 1.84. The van der Waals surface area contributed by atoms with Crippen molar-refractivity contribution in [3.8, 4) is 0 Å². The van der Waals surface area contributed by atoms with Crippen LogP contribution in [0.5, 0.6) is 0 Å². The number of aromatic carboxylic acids is 1. The molecule has 2 aromatic rings. The van der Waals surface area contributed by atoms with Crippen LogP contribution in [0.25, 0.3) is 11.0 Å². The molecule has 0 aliphatic heterocycles. The quantitative estimate of drug-likeness (QED) is 0.440. The number of nitrogens with one attached hydrogen (secondary N) is 1. The van der Waals surface area contributed by atoms with Gasteiger partial charge < -0.3 is 9.90 Å². The number of nitrogens with zero attached hydrogens (tertiary/aromatic N) is 3. The monoisotopic (exact) mass is 314 g/mol. The predicted octanol–water partition coefficient (Wildman–Crippen LogP) is -0.773. The van der Waals surface area contributed by atoms with Gasteiger partial charge in [-0.15, -0.1) is 0 Å². The molecule has 0 fully saturated rings. The standard InChI is InChI=1S/C7H4N4O4.Ag/c12-7(13)4-1-3(11(14)15)2-5-6(4)9-10-8-5;/h1-2H,(H,12,13)(H,8,9,10);/q;+1/p-1. The van der Waals surface area contributed by atoms with Gasteiger partial charge in [0, 0.05) is 17.7 Å². The van der Waals surface area contributed by atoms with E-state index in [4.69, 9.17) is 0 Å². The maximum absolute atomic E-state index is 10.7. The van der Waals surface area contributed by atoms with Gasteiger partial charge >= 0.3 is 22.4 Å². The van der Waals surface area contributed by atoms with Gasteiger partial charge in [0.2, 0.25) is 0 Å². The fourth-order valence-electron chi connectivity index (χ4n) is 1.20. The van der Waals surface area contributed by atoms with Gasteiger partial charge in [-0.1, -0.05) is 0 Å². The minimum atomic E-state index is -1.53. The molecule has 86 valence electrons. The van der Waals surface area contributed by atoms with Crippen molar-refractivity contribution in [2.45, 2.75) is 0 Å². The Morgan fingerprint density at radius 1 is 1.38 bits per heavy atom. The van der Waals surface area contributed by atoms with Crippen LogP contribution in [0.2, 0.25) is 0 Å². The zero-order valence-electron chi connectivity index (χ0n) is 7.43. The van der Waals surface area contributed by atoms with Gasteiger partial charge in [-0.3, -0.25) is 10.1 Å². The number of carbonyl (C=O) groups excluding carboxylic acids is 1. The van der Waals surface area contributed by atoms with E-state index < -0.39 is 10.9 Å². The zero-order chi connectivity index (χ0) is 11.0. The molecule has 0 radical (unpaired) electrons. The number of benzene rings is 1. The average Bonchev–Trinajstić information content (AvgIpc) is 2.62. The van der Waals surface area contributed by atoms with Crippen molar-refractivity contribution in [2.24, 2.45) is 0 Å². The van der Waals surface area contributed by atoms with Gasteiger partial charge in [0.1, 0.15) is 11.0 Å². The number of hydrogen-bond acceptors (Lipinski definition) is 6. The smallest absolute Gasteiger partial charge is 0.545 e. The Hall–Kier alpha value is -1.77. The maximum Gasteiger partial charge on any atom is 1.00 e. The summed E-state index contributed by atoms with van der Waals surface area (Å²) in [5.41, 5.74) is -0.562. The Morgan fingerprint density at radius 2 is 2.06 bits per heavy atom. The second kappa shape index (κ2) is 4.39. The van der Waals surface area contributed by atoms with E-state index >= 15 is 0 Å². The van der Waals surface area contributed by atoms with E-state index in [2.05, 4.69) is 15.4 Å². The number of carboxylic acids is 1. The van der Waals surface area contributed by atoms with Crippen LogP contribution in [0.15, 0.2) is 12.1 Å². The van der Waals surface area contributed by atoms with Crippen molar-refractivity contribution in [1.29, 1.82) is 0 Å². The van der Waals surface area contributed by atoms with E-state index in [1.165, 1.54) is 0 Å². The number of nitro groups is 1. The van der Waals surface area contributed by atoms with Gasteiger partial charge in [0.25, 0.3) is 5.69 Å². The first-order valence-electron chi connectivity index (χ1n) is 3.80. The van der Waals surface area contributed by atoms with Crippen LogP contribution in [0.1, 0.15) is 10.4 Å². The Balaban J connectivity index is 0.00000128. The van der Waals surface area contributed by atoms with Gasteiger partial charge in [-0.05, 0) is 0 Å². The first-order chi connectivity index (χ1) is 7.09. The molecule has 0 aliphatic carbocycles. The van der Waals surface area contributed by atoms with E-state index in [1.807, 2.05) is 0 Å². The summed E-state index contributed by atoms with van der Waals surface area (Å²) < 4.78 is 0. The van der Waals surface area contributed by atoms with Crippen molar-refractivity contribution >= 4 is 22.7 Å². The molecule has 1 aromatic heterocycles. The molecule has 0 saturated carbocycles. The Labute approximate surface area is 103 Å². The molecule has 1 N–H and O–H groups in total. The van der Waals surface area contributed by atoms with Crippen LogP contribution in [0.4, 0.5) is 5.69 Å². The maximum atomic E-state index is 10.7. The number of carboxylic acid groups (broad SMARTS) is 1. The number of fused-ring (bicyclic) bond motifs is 1. The molecule has 0 unspecified atom stereocenters.